The molecule has 0 amide bonds. The summed E-state index contributed by atoms with van der Waals surface area (Å²) in [6.07, 6.45) is 1.08. The van der Waals surface area contributed by atoms with Crippen LogP contribution >= 0.6 is 11.6 Å². The summed E-state index contributed by atoms with van der Waals surface area (Å²) in [7, 11) is 0. The Labute approximate surface area is 119 Å². The van der Waals surface area contributed by atoms with Gasteiger partial charge in [0.2, 0.25) is 0 Å². The van der Waals surface area contributed by atoms with Crippen molar-refractivity contribution in [1.82, 2.24) is 5.32 Å². The number of nitrogens with one attached hydrogen (secondary N) is 1. The molecule has 1 N–H and O–H groups in total. The van der Waals surface area contributed by atoms with E-state index in [9.17, 15) is 4.39 Å². The number of piperazine rings is 1. The number of hydrogen-bond donors (Lipinski definition) is 1. The average molecular weight is 285 g/mol. The number of halogens is 2. The van der Waals surface area contributed by atoms with Crippen molar-refractivity contribution in [1.29, 1.82) is 0 Å². The first-order chi connectivity index (χ1) is 9.02. The van der Waals surface area contributed by atoms with Gasteiger partial charge in [-0.1, -0.05) is 32.4 Å². The summed E-state index contributed by atoms with van der Waals surface area (Å²) in [5.41, 5.74) is 0.931. The van der Waals surface area contributed by atoms with E-state index in [0.717, 1.165) is 25.2 Å². The zero-order valence-corrected chi connectivity index (χ0v) is 12.5. The van der Waals surface area contributed by atoms with E-state index < -0.39 is 0 Å². The molecular formula is C15H22ClFN2. The SMILES string of the molecule is CCC1CN(c2ccc(Cl)c(F)c2)C(C(C)C)CN1. The van der Waals surface area contributed by atoms with Crippen LogP contribution in [0.2, 0.25) is 5.02 Å². The van der Waals surface area contributed by atoms with E-state index in [1.165, 1.54) is 0 Å². The fourth-order valence-corrected chi connectivity index (χ4v) is 2.78. The second-order valence-corrected chi connectivity index (χ2v) is 5.98. The van der Waals surface area contributed by atoms with Crippen molar-refractivity contribution in [3.05, 3.63) is 29.0 Å². The molecule has 4 heteroatoms. The Bertz CT molecular complexity index is 436. The third-order valence-electron chi connectivity index (χ3n) is 3.93. The molecular weight excluding hydrogens is 263 g/mol. The van der Waals surface area contributed by atoms with Crippen LogP contribution in [0.1, 0.15) is 27.2 Å². The lowest BCUT2D eigenvalue weighted by molar-refractivity contribution is 0.333. The Morgan fingerprint density at radius 2 is 2.21 bits per heavy atom. The smallest absolute Gasteiger partial charge is 0.143 e. The summed E-state index contributed by atoms with van der Waals surface area (Å²) < 4.78 is 13.7. The molecule has 2 nitrogen and oxygen atoms in total. The van der Waals surface area contributed by atoms with Crippen LogP contribution in [-0.4, -0.2) is 25.2 Å². The minimum Gasteiger partial charge on any atom is -0.365 e. The first-order valence-electron chi connectivity index (χ1n) is 6.98. The van der Waals surface area contributed by atoms with E-state index in [1.54, 1.807) is 12.1 Å². The molecule has 2 rings (SSSR count). The quantitative estimate of drug-likeness (QED) is 0.911. The van der Waals surface area contributed by atoms with E-state index in [1.807, 2.05) is 6.07 Å². The molecule has 0 spiro atoms. The summed E-state index contributed by atoms with van der Waals surface area (Å²) in [5.74, 6) is 0.178. The lowest BCUT2D eigenvalue weighted by atomic mass is 9.97. The highest BCUT2D eigenvalue weighted by atomic mass is 35.5. The van der Waals surface area contributed by atoms with Gasteiger partial charge in [0.05, 0.1) is 5.02 Å². The van der Waals surface area contributed by atoms with Crippen LogP contribution in [-0.2, 0) is 0 Å². The van der Waals surface area contributed by atoms with Gasteiger partial charge < -0.3 is 10.2 Å². The standard InChI is InChI=1S/C15H22ClFN2/c1-4-11-9-19(15(8-18-11)10(2)3)12-5-6-13(16)14(17)7-12/h5-7,10-11,15,18H,4,8-9H2,1-3H3. The van der Waals surface area contributed by atoms with Crippen molar-refractivity contribution in [2.24, 2.45) is 5.92 Å². The summed E-state index contributed by atoms with van der Waals surface area (Å²) in [6, 6.07) is 5.97. The Hall–Kier alpha value is -0.800. The van der Waals surface area contributed by atoms with E-state index in [-0.39, 0.29) is 10.8 Å². The maximum atomic E-state index is 13.7. The molecule has 1 heterocycles. The monoisotopic (exact) mass is 284 g/mol. The number of benzene rings is 1. The normalized spacial score (nSPS) is 24.0. The molecule has 0 bridgehead atoms. The molecule has 106 valence electrons. The predicted octanol–water partition coefficient (Wildman–Crippen LogP) is 3.69. The van der Waals surface area contributed by atoms with Crippen molar-refractivity contribution >= 4 is 17.3 Å². The molecule has 19 heavy (non-hydrogen) atoms. The van der Waals surface area contributed by atoms with Crippen molar-refractivity contribution in [3.8, 4) is 0 Å². The molecule has 1 aromatic rings. The Morgan fingerprint density at radius 3 is 2.79 bits per heavy atom. The average Bonchev–Trinajstić information content (AvgIpc) is 2.41. The van der Waals surface area contributed by atoms with Crippen LogP contribution in [0.5, 0.6) is 0 Å². The minimum atomic E-state index is -0.340. The topological polar surface area (TPSA) is 15.3 Å². The van der Waals surface area contributed by atoms with Crippen molar-refractivity contribution in [2.75, 3.05) is 18.0 Å². The summed E-state index contributed by atoms with van der Waals surface area (Å²) in [6.45, 7) is 8.45. The molecule has 0 saturated carbocycles. The van der Waals surface area contributed by atoms with Gasteiger partial charge in [-0.25, -0.2) is 4.39 Å². The van der Waals surface area contributed by atoms with Gasteiger partial charge in [0, 0.05) is 30.9 Å². The third kappa shape index (κ3) is 3.21. The molecule has 2 atom stereocenters. The van der Waals surface area contributed by atoms with Gasteiger partial charge in [0.15, 0.2) is 0 Å². The third-order valence-corrected chi connectivity index (χ3v) is 4.24. The van der Waals surface area contributed by atoms with Gasteiger partial charge in [-0.05, 0) is 30.5 Å². The lowest BCUT2D eigenvalue weighted by Crippen LogP contribution is -2.58. The molecule has 0 aromatic heterocycles. The molecule has 0 aliphatic carbocycles. The molecule has 1 aromatic carbocycles. The first kappa shape index (κ1) is 14.6. The molecule has 0 radical (unpaired) electrons. The van der Waals surface area contributed by atoms with Crippen molar-refractivity contribution < 1.29 is 4.39 Å². The van der Waals surface area contributed by atoms with Crippen LogP contribution in [0, 0.1) is 11.7 Å². The Balaban J connectivity index is 2.27. The van der Waals surface area contributed by atoms with E-state index in [0.29, 0.717) is 18.0 Å². The largest absolute Gasteiger partial charge is 0.365 e. The molecule has 1 fully saturated rings. The van der Waals surface area contributed by atoms with Gasteiger partial charge in [-0.2, -0.15) is 0 Å². The maximum Gasteiger partial charge on any atom is 0.143 e. The van der Waals surface area contributed by atoms with E-state index >= 15 is 0 Å². The zero-order valence-electron chi connectivity index (χ0n) is 11.8. The second-order valence-electron chi connectivity index (χ2n) is 5.58. The minimum absolute atomic E-state index is 0.187. The van der Waals surface area contributed by atoms with Crippen molar-refractivity contribution in [3.63, 3.8) is 0 Å². The van der Waals surface area contributed by atoms with Gasteiger partial charge in [0.25, 0.3) is 0 Å². The zero-order chi connectivity index (χ0) is 14.0. The summed E-state index contributed by atoms with van der Waals surface area (Å²) >= 11 is 5.77. The van der Waals surface area contributed by atoms with E-state index in [2.05, 4.69) is 31.0 Å². The molecule has 1 aliphatic heterocycles. The number of hydrogen-bond acceptors (Lipinski definition) is 2. The summed E-state index contributed by atoms with van der Waals surface area (Å²) in [5, 5.41) is 3.75. The molecule has 1 aliphatic rings. The summed E-state index contributed by atoms with van der Waals surface area (Å²) in [4.78, 5) is 2.31. The molecule has 2 unspecified atom stereocenters. The Morgan fingerprint density at radius 1 is 1.47 bits per heavy atom. The van der Waals surface area contributed by atoms with Crippen molar-refractivity contribution in [2.45, 2.75) is 39.3 Å². The predicted molar refractivity (Wildman–Crippen MR) is 79.5 cm³/mol. The van der Waals surface area contributed by atoms with Crippen LogP contribution in [0.15, 0.2) is 18.2 Å². The number of nitrogens with zero attached hydrogens (tertiary/aromatic N) is 1. The highest BCUT2D eigenvalue weighted by Crippen LogP contribution is 2.27. The van der Waals surface area contributed by atoms with Crippen LogP contribution in [0.25, 0.3) is 0 Å². The van der Waals surface area contributed by atoms with Crippen LogP contribution in [0.3, 0.4) is 0 Å². The lowest BCUT2D eigenvalue weighted by Gasteiger charge is -2.43. The van der Waals surface area contributed by atoms with Crippen LogP contribution in [0.4, 0.5) is 10.1 Å². The fourth-order valence-electron chi connectivity index (χ4n) is 2.66. The Kier molecular flexibility index (Phi) is 4.69. The van der Waals surface area contributed by atoms with E-state index in [4.69, 9.17) is 11.6 Å². The van der Waals surface area contributed by atoms with Gasteiger partial charge in [-0.3, -0.25) is 0 Å². The fraction of sp³-hybridized carbons (Fsp3) is 0.600. The van der Waals surface area contributed by atoms with Crippen LogP contribution < -0.4 is 10.2 Å². The highest BCUT2D eigenvalue weighted by molar-refractivity contribution is 6.30. The van der Waals surface area contributed by atoms with Gasteiger partial charge in [-0.15, -0.1) is 0 Å². The first-order valence-corrected chi connectivity index (χ1v) is 7.35. The highest BCUT2D eigenvalue weighted by Gasteiger charge is 2.29. The van der Waals surface area contributed by atoms with Gasteiger partial charge in [0.1, 0.15) is 5.82 Å². The maximum absolute atomic E-state index is 13.7. The number of rotatable bonds is 3. The second kappa shape index (κ2) is 6.10. The van der Waals surface area contributed by atoms with Gasteiger partial charge >= 0.3 is 0 Å². The number of anilines is 1. The molecule has 1 saturated heterocycles.